The zero-order valence-corrected chi connectivity index (χ0v) is 9.38. The number of carbonyl (C=O) groups excluding carboxylic acids is 1. The van der Waals surface area contributed by atoms with Crippen molar-refractivity contribution in [3.63, 3.8) is 0 Å². The Balaban J connectivity index is 0. The Morgan fingerprint density at radius 3 is 1.62 bits per heavy atom. The molecule has 16 heavy (non-hydrogen) atoms. The number of carbonyl (C=O) groups is 1. The normalized spacial score (nSPS) is 11.1. The Labute approximate surface area is 93.1 Å². The summed E-state index contributed by atoms with van der Waals surface area (Å²) in [5.74, 6) is -3.01. The van der Waals surface area contributed by atoms with Crippen molar-refractivity contribution in [3.8, 4) is 0 Å². The van der Waals surface area contributed by atoms with Crippen LogP contribution in [0.3, 0.4) is 0 Å². The maximum Gasteiger partial charge on any atom is 0.430 e. The Morgan fingerprint density at radius 1 is 1.25 bits per heavy atom. The Morgan fingerprint density at radius 2 is 1.50 bits per heavy atom. The van der Waals surface area contributed by atoms with Gasteiger partial charge in [-0.15, -0.1) is 0 Å². The smallest absolute Gasteiger partial charge is 0.430 e. The second-order valence-corrected chi connectivity index (χ2v) is 3.66. The third kappa shape index (κ3) is 10.8. The predicted molar refractivity (Wildman–Crippen MR) is 53.3 cm³/mol. The van der Waals surface area contributed by atoms with Crippen LogP contribution in [-0.4, -0.2) is 43.8 Å². The number of carboxylic acid groups (broad SMARTS) is 1. The molecule has 0 aromatic heterocycles. The molecular formula is C10H16F3NO2. The molecule has 6 heteroatoms. The van der Waals surface area contributed by atoms with Crippen LogP contribution in [-0.2, 0) is 4.79 Å². The molecule has 3 nitrogen and oxygen atoms in total. The monoisotopic (exact) mass is 239 g/mol. The third-order valence-corrected chi connectivity index (χ3v) is 1.48. The minimum absolute atomic E-state index is 0.951. The summed E-state index contributed by atoms with van der Waals surface area (Å²) >= 11 is 0. The molecular weight excluding hydrogens is 223 g/mol. The molecule has 0 heterocycles. The zero-order valence-electron chi connectivity index (χ0n) is 9.38. The first-order chi connectivity index (χ1) is 7.06. The van der Waals surface area contributed by atoms with E-state index in [2.05, 4.69) is 27.3 Å². The van der Waals surface area contributed by atoms with Crippen molar-refractivity contribution in [2.75, 3.05) is 27.2 Å². The number of aliphatic carboxylic acids is 1. The Bertz CT molecular complexity index is 235. The van der Waals surface area contributed by atoms with Gasteiger partial charge in [-0.2, -0.15) is 13.2 Å². The lowest BCUT2D eigenvalue weighted by molar-refractivity contribution is -0.878. The standard InChI is InChI=1S/C8H16N.C2HF3O2/c1-5-7-9(3,4)8-6-2;3-2(4,5)1(6)7/h5-6H,1-2,7-8H2,3-4H3;(H,6,7)/q+1;/p-1. The van der Waals surface area contributed by atoms with Gasteiger partial charge in [0.15, 0.2) is 0 Å². The second-order valence-electron chi connectivity index (χ2n) is 3.66. The van der Waals surface area contributed by atoms with Crippen molar-refractivity contribution in [1.82, 2.24) is 0 Å². The molecule has 0 saturated carbocycles. The molecule has 0 aromatic rings. The lowest BCUT2D eigenvalue weighted by Gasteiger charge is -2.26. The highest BCUT2D eigenvalue weighted by molar-refractivity contribution is 5.70. The molecule has 0 unspecified atom stereocenters. The van der Waals surface area contributed by atoms with E-state index in [1.807, 2.05) is 12.2 Å². The molecule has 0 aromatic carbocycles. The van der Waals surface area contributed by atoms with E-state index in [4.69, 9.17) is 9.90 Å². The fraction of sp³-hybridized carbons (Fsp3) is 0.500. The van der Waals surface area contributed by atoms with E-state index in [0.29, 0.717) is 0 Å². The van der Waals surface area contributed by atoms with Gasteiger partial charge in [0.25, 0.3) is 0 Å². The Hall–Kier alpha value is -1.30. The van der Waals surface area contributed by atoms with Crippen LogP contribution in [0.1, 0.15) is 0 Å². The molecule has 0 aliphatic carbocycles. The second kappa shape index (κ2) is 7.05. The number of alkyl halides is 3. The van der Waals surface area contributed by atoms with Crippen LogP contribution in [0.15, 0.2) is 25.3 Å². The highest BCUT2D eigenvalue weighted by atomic mass is 19.4. The molecule has 0 fully saturated rings. The summed E-state index contributed by atoms with van der Waals surface area (Å²) in [7, 11) is 4.31. The minimum Gasteiger partial charge on any atom is -0.542 e. The first-order valence-electron chi connectivity index (χ1n) is 4.39. The molecule has 0 aliphatic heterocycles. The summed E-state index contributed by atoms with van der Waals surface area (Å²) in [6.07, 6.45) is -1.33. The van der Waals surface area contributed by atoms with Gasteiger partial charge in [0, 0.05) is 0 Å². The van der Waals surface area contributed by atoms with Crippen molar-refractivity contribution in [3.05, 3.63) is 25.3 Å². The quantitative estimate of drug-likeness (QED) is 0.536. The summed E-state index contributed by atoms with van der Waals surface area (Å²) in [5, 5.41) is 8.78. The molecule has 0 bridgehead atoms. The van der Waals surface area contributed by atoms with Gasteiger partial charge in [0.1, 0.15) is 5.97 Å². The molecule has 0 saturated heterocycles. The van der Waals surface area contributed by atoms with Gasteiger partial charge in [0.2, 0.25) is 0 Å². The van der Waals surface area contributed by atoms with E-state index in [1.165, 1.54) is 0 Å². The number of nitrogens with zero attached hydrogens (tertiary/aromatic N) is 1. The number of hydrogen-bond acceptors (Lipinski definition) is 2. The molecule has 0 aliphatic rings. The highest BCUT2D eigenvalue weighted by Gasteiger charge is 2.28. The Kier molecular flexibility index (Phi) is 7.54. The molecule has 0 rings (SSSR count). The van der Waals surface area contributed by atoms with E-state index in [1.54, 1.807) is 0 Å². The largest absolute Gasteiger partial charge is 0.542 e. The van der Waals surface area contributed by atoms with Crippen molar-refractivity contribution in [1.29, 1.82) is 0 Å². The average molecular weight is 239 g/mol. The predicted octanol–water partition coefficient (Wildman–Crippen LogP) is 0.733. The van der Waals surface area contributed by atoms with Gasteiger partial charge in [-0.05, 0) is 12.2 Å². The topological polar surface area (TPSA) is 40.1 Å². The number of hydrogen-bond donors (Lipinski definition) is 0. The lowest BCUT2D eigenvalue weighted by atomic mass is 10.4. The molecule has 0 N–H and O–H groups in total. The van der Waals surface area contributed by atoms with Gasteiger partial charge >= 0.3 is 6.18 Å². The average Bonchev–Trinajstić information content (AvgIpc) is 2.02. The fourth-order valence-corrected chi connectivity index (χ4v) is 0.774. The van der Waals surface area contributed by atoms with Crippen LogP contribution < -0.4 is 5.11 Å². The maximum absolute atomic E-state index is 10.5. The number of carboxylic acids is 1. The number of halogens is 3. The van der Waals surface area contributed by atoms with Crippen LogP contribution in [0.4, 0.5) is 13.2 Å². The van der Waals surface area contributed by atoms with E-state index in [9.17, 15) is 13.2 Å². The molecule has 0 radical (unpaired) electrons. The van der Waals surface area contributed by atoms with E-state index in [0.717, 1.165) is 17.6 Å². The zero-order chi connectivity index (χ0) is 13.4. The van der Waals surface area contributed by atoms with Crippen molar-refractivity contribution >= 4 is 5.97 Å². The minimum atomic E-state index is -5.19. The van der Waals surface area contributed by atoms with Crippen LogP contribution in [0, 0.1) is 0 Å². The highest BCUT2D eigenvalue weighted by Crippen LogP contribution is 2.11. The fourth-order valence-electron chi connectivity index (χ4n) is 0.774. The maximum atomic E-state index is 10.5. The number of rotatable bonds is 4. The van der Waals surface area contributed by atoms with Gasteiger partial charge < -0.3 is 14.4 Å². The third-order valence-electron chi connectivity index (χ3n) is 1.48. The van der Waals surface area contributed by atoms with Crippen LogP contribution in [0.5, 0.6) is 0 Å². The number of quaternary nitrogens is 1. The van der Waals surface area contributed by atoms with Gasteiger partial charge in [-0.3, -0.25) is 0 Å². The summed E-state index contributed by atoms with van der Waals surface area (Å²) in [6, 6.07) is 0. The van der Waals surface area contributed by atoms with E-state index >= 15 is 0 Å². The SMILES string of the molecule is C=CC[N+](C)(C)CC=C.O=C([O-])C(F)(F)F. The molecule has 94 valence electrons. The van der Waals surface area contributed by atoms with Gasteiger partial charge in [0.05, 0.1) is 27.2 Å². The van der Waals surface area contributed by atoms with Crippen LogP contribution in [0.25, 0.3) is 0 Å². The van der Waals surface area contributed by atoms with Crippen molar-refractivity contribution in [2.45, 2.75) is 6.18 Å². The summed E-state index contributed by atoms with van der Waals surface area (Å²) in [4.78, 5) is 8.78. The number of likely N-dealkylation sites (N-methyl/N-ethyl adjacent to an activating group) is 1. The molecule has 0 atom stereocenters. The van der Waals surface area contributed by atoms with Crippen molar-refractivity contribution in [2.24, 2.45) is 0 Å². The van der Waals surface area contributed by atoms with E-state index < -0.39 is 12.1 Å². The molecule has 0 amide bonds. The summed E-state index contributed by atoms with van der Waals surface area (Å²) in [6.45, 7) is 9.37. The van der Waals surface area contributed by atoms with E-state index in [-0.39, 0.29) is 0 Å². The lowest BCUT2D eigenvalue weighted by Crippen LogP contribution is -2.39. The van der Waals surface area contributed by atoms with Gasteiger partial charge in [-0.25, -0.2) is 0 Å². The van der Waals surface area contributed by atoms with Crippen LogP contribution in [0.2, 0.25) is 0 Å². The summed E-state index contributed by atoms with van der Waals surface area (Å²) in [5.41, 5.74) is 0. The first kappa shape index (κ1) is 17.1. The molecule has 0 spiro atoms. The van der Waals surface area contributed by atoms with Crippen LogP contribution >= 0.6 is 0 Å². The first-order valence-corrected chi connectivity index (χ1v) is 4.39. The van der Waals surface area contributed by atoms with Gasteiger partial charge in [-0.1, -0.05) is 13.2 Å². The van der Waals surface area contributed by atoms with Crippen molar-refractivity contribution < 1.29 is 27.6 Å². The summed E-state index contributed by atoms with van der Waals surface area (Å²) < 4.78 is 32.5.